The van der Waals surface area contributed by atoms with Crippen LogP contribution in [0.4, 0.5) is 5.82 Å². The molecular formula is C16H16N4O2S. The van der Waals surface area contributed by atoms with Gasteiger partial charge in [-0.2, -0.15) is 4.98 Å². The van der Waals surface area contributed by atoms with Gasteiger partial charge in [0, 0.05) is 31.3 Å². The standard InChI is InChI=1S/C16H16N4O2S/c1-21-10-14-18-16(22-19-14)11-2-3-15(17-8-11)20-6-4-13-12(9-20)5-7-23-13/h2-3,5,7-8H,4,6,9-10H2,1H3. The number of pyridine rings is 1. The summed E-state index contributed by atoms with van der Waals surface area (Å²) in [5.74, 6) is 1.98. The largest absolute Gasteiger partial charge is 0.377 e. The van der Waals surface area contributed by atoms with Crippen molar-refractivity contribution in [1.82, 2.24) is 15.1 Å². The second kappa shape index (κ2) is 6.10. The molecule has 0 aliphatic carbocycles. The Bertz CT molecular complexity index is 797. The van der Waals surface area contributed by atoms with Crippen molar-refractivity contribution in [3.8, 4) is 11.5 Å². The zero-order chi connectivity index (χ0) is 15.6. The van der Waals surface area contributed by atoms with E-state index in [1.807, 2.05) is 23.5 Å². The van der Waals surface area contributed by atoms with Gasteiger partial charge in [-0.3, -0.25) is 0 Å². The van der Waals surface area contributed by atoms with Gasteiger partial charge in [0.2, 0.25) is 0 Å². The molecule has 3 aromatic heterocycles. The van der Waals surface area contributed by atoms with Gasteiger partial charge in [0.05, 0.1) is 5.56 Å². The van der Waals surface area contributed by atoms with E-state index >= 15 is 0 Å². The van der Waals surface area contributed by atoms with Crippen molar-refractivity contribution in [2.75, 3.05) is 18.6 Å². The quantitative estimate of drug-likeness (QED) is 0.734. The molecule has 118 valence electrons. The van der Waals surface area contributed by atoms with Crippen molar-refractivity contribution < 1.29 is 9.26 Å². The van der Waals surface area contributed by atoms with Crippen LogP contribution in [0, 0.1) is 0 Å². The Morgan fingerprint density at radius 2 is 2.30 bits per heavy atom. The van der Waals surface area contributed by atoms with Gasteiger partial charge in [-0.1, -0.05) is 5.16 Å². The normalized spacial score (nSPS) is 14.0. The third-order valence-corrected chi connectivity index (χ3v) is 4.89. The van der Waals surface area contributed by atoms with E-state index in [-0.39, 0.29) is 0 Å². The Morgan fingerprint density at radius 3 is 3.13 bits per heavy atom. The first kappa shape index (κ1) is 14.3. The lowest BCUT2D eigenvalue weighted by Gasteiger charge is -2.27. The van der Waals surface area contributed by atoms with Crippen molar-refractivity contribution in [2.24, 2.45) is 0 Å². The highest BCUT2D eigenvalue weighted by Gasteiger charge is 2.18. The van der Waals surface area contributed by atoms with Crippen LogP contribution in [0.5, 0.6) is 0 Å². The zero-order valence-electron chi connectivity index (χ0n) is 12.7. The number of hydrogen-bond acceptors (Lipinski definition) is 7. The van der Waals surface area contributed by atoms with Gasteiger partial charge < -0.3 is 14.2 Å². The predicted octanol–water partition coefficient (Wildman–Crippen LogP) is 2.90. The first-order valence-corrected chi connectivity index (χ1v) is 8.29. The summed E-state index contributed by atoms with van der Waals surface area (Å²) in [4.78, 5) is 12.6. The molecule has 0 fully saturated rings. The summed E-state index contributed by atoms with van der Waals surface area (Å²) in [6, 6.07) is 6.18. The van der Waals surface area contributed by atoms with E-state index in [1.165, 1.54) is 10.4 Å². The number of rotatable bonds is 4. The molecule has 4 heterocycles. The highest BCUT2D eigenvalue weighted by molar-refractivity contribution is 7.10. The molecule has 0 saturated carbocycles. The number of ether oxygens (including phenoxy) is 1. The van der Waals surface area contributed by atoms with E-state index in [4.69, 9.17) is 9.26 Å². The van der Waals surface area contributed by atoms with E-state index in [2.05, 4.69) is 31.5 Å². The van der Waals surface area contributed by atoms with Gasteiger partial charge in [-0.15, -0.1) is 11.3 Å². The van der Waals surface area contributed by atoms with E-state index in [9.17, 15) is 0 Å². The Hall–Kier alpha value is -2.25. The second-order valence-corrected chi connectivity index (χ2v) is 6.40. The molecule has 0 saturated heterocycles. The molecule has 6 nitrogen and oxygen atoms in total. The summed E-state index contributed by atoms with van der Waals surface area (Å²) in [7, 11) is 1.60. The summed E-state index contributed by atoms with van der Waals surface area (Å²) in [5, 5.41) is 6.03. The van der Waals surface area contributed by atoms with Crippen LogP contribution in [0.1, 0.15) is 16.3 Å². The van der Waals surface area contributed by atoms with Crippen LogP contribution in [0.25, 0.3) is 11.5 Å². The Labute approximate surface area is 137 Å². The molecule has 4 rings (SSSR count). The van der Waals surface area contributed by atoms with Crippen LogP contribution in [-0.4, -0.2) is 28.8 Å². The molecule has 0 atom stereocenters. The minimum Gasteiger partial charge on any atom is -0.377 e. The number of nitrogens with zero attached hydrogens (tertiary/aromatic N) is 4. The first-order chi connectivity index (χ1) is 11.3. The Morgan fingerprint density at radius 1 is 1.35 bits per heavy atom. The van der Waals surface area contributed by atoms with E-state index in [0.29, 0.717) is 18.3 Å². The molecule has 0 aromatic carbocycles. The molecule has 0 N–H and O–H groups in total. The van der Waals surface area contributed by atoms with Crippen molar-refractivity contribution in [1.29, 1.82) is 0 Å². The molecule has 7 heteroatoms. The molecular weight excluding hydrogens is 312 g/mol. The molecule has 0 amide bonds. The maximum Gasteiger partial charge on any atom is 0.259 e. The van der Waals surface area contributed by atoms with Crippen molar-refractivity contribution >= 4 is 17.2 Å². The second-order valence-electron chi connectivity index (χ2n) is 5.39. The zero-order valence-corrected chi connectivity index (χ0v) is 13.5. The number of methoxy groups -OCH3 is 1. The topological polar surface area (TPSA) is 64.3 Å². The van der Waals surface area contributed by atoms with Crippen LogP contribution < -0.4 is 4.90 Å². The van der Waals surface area contributed by atoms with Gasteiger partial charge in [-0.05, 0) is 35.6 Å². The van der Waals surface area contributed by atoms with Gasteiger partial charge in [0.15, 0.2) is 5.82 Å². The van der Waals surface area contributed by atoms with E-state index < -0.39 is 0 Å². The van der Waals surface area contributed by atoms with Crippen molar-refractivity contribution in [3.63, 3.8) is 0 Å². The van der Waals surface area contributed by atoms with Crippen molar-refractivity contribution in [2.45, 2.75) is 19.6 Å². The molecule has 1 aliphatic heterocycles. The lowest BCUT2D eigenvalue weighted by molar-refractivity contribution is 0.174. The maximum atomic E-state index is 5.23. The fourth-order valence-electron chi connectivity index (χ4n) is 2.70. The van der Waals surface area contributed by atoms with Gasteiger partial charge >= 0.3 is 0 Å². The minimum absolute atomic E-state index is 0.339. The average Bonchev–Trinajstić information content (AvgIpc) is 3.24. The molecule has 0 unspecified atom stereocenters. The lowest BCUT2D eigenvalue weighted by atomic mass is 10.1. The third-order valence-electron chi connectivity index (χ3n) is 3.87. The van der Waals surface area contributed by atoms with Gasteiger partial charge in [0.1, 0.15) is 12.4 Å². The van der Waals surface area contributed by atoms with E-state index in [0.717, 1.165) is 30.9 Å². The van der Waals surface area contributed by atoms with Crippen molar-refractivity contribution in [3.05, 3.63) is 46.0 Å². The maximum absolute atomic E-state index is 5.23. The van der Waals surface area contributed by atoms with Crippen LogP contribution in [0.15, 0.2) is 34.3 Å². The Balaban J connectivity index is 1.52. The average molecular weight is 328 g/mol. The fourth-order valence-corrected chi connectivity index (χ4v) is 3.59. The molecule has 23 heavy (non-hydrogen) atoms. The monoisotopic (exact) mass is 328 g/mol. The SMILES string of the molecule is COCc1noc(-c2ccc(N3CCc4sccc4C3)nc2)n1. The third kappa shape index (κ3) is 2.85. The van der Waals surface area contributed by atoms with Crippen LogP contribution >= 0.6 is 11.3 Å². The lowest BCUT2D eigenvalue weighted by Crippen LogP contribution is -2.29. The number of anilines is 1. The van der Waals surface area contributed by atoms with Gasteiger partial charge in [-0.25, -0.2) is 4.98 Å². The summed E-state index contributed by atoms with van der Waals surface area (Å²) in [6.07, 6.45) is 2.86. The molecule has 3 aromatic rings. The number of thiophene rings is 1. The van der Waals surface area contributed by atoms with E-state index in [1.54, 1.807) is 13.3 Å². The van der Waals surface area contributed by atoms with Crippen LogP contribution in [0.2, 0.25) is 0 Å². The highest BCUT2D eigenvalue weighted by atomic mass is 32.1. The molecule has 1 aliphatic rings. The summed E-state index contributed by atoms with van der Waals surface area (Å²) in [6.45, 7) is 2.26. The Kier molecular flexibility index (Phi) is 3.80. The number of hydrogen-bond donors (Lipinski definition) is 0. The molecule has 0 radical (unpaired) electrons. The molecule has 0 spiro atoms. The van der Waals surface area contributed by atoms with Crippen LogP contribution in [-0.2, 0) is 24.3 Å². The fraction of sp³-hybridized carbons (Fsp3) is 0.312. The van der Waals surface area contributed by atoms with Crippen LogP contribution in [0.3, 0.4) is 0 Å². The molecule has 0 bridgehead atoms. The van der Waals surface area contributed by atoms with Gasteiger partial charge in [0.25, 0.3) is 5.89 Å². The predicted molar refractivity (Wildman–Crippen MR) is 87.3 cm³/mol. The first-order valence-electron chi connectivity index (χ1n) is 7.41. The summed E-state index contributed by atoms with van der Waals surface area (Å²) >= 11 is 1.84. The smallest absolute Gasteiger partial charge is 0.259 e. The number of fused-ring (bicyclic) bond motifs is 1. The number of aromatic nitrogens is 3. The summed E-state index contributed by atoms with van der Waals surface area (Å²) < 4.78 is 10.2. The minimum atomic E-state index is 0.339. The summed E-state index contributed by atoms with van der Waals surface area (Å²) in [5.41, 5.74) is 2.23. The highest BCUT2D eigenvalue weighted by Crippen LogP contribution is 2.27.